The van der Waals surface area contributed by atoms with Gasteiger partial charge in [0.1, 0.15) is 5.75 Å². The van der Waals surface area contributed by atoms with E-state index in [9.17, 15) is 14.4 Å². The Morgan fingerprint density at radius 3 is 2.56 bits per heavy atom. The first-order valence-electron chi connectivity index (χ1n) is 10.6. The summed E-state index contributed by atoms with van der Waals surface area (Å²) in [7, 11) is 0. The van der Waals surface area contributed by atoms with Crippen molar-refractivity contribution in [1.29, 1.82) is 0 Å². The molecule has 4 rings (SSSR count). The highest BCUT2D eigenvalue weighted by atomic mass is 16.5. The van der Waals surface area contributed by atoms with Gasteiger partial charge in [-0.15, -0.1) is 0 Å². The maximum atomic E-state index is 12.7. The van der Waals surface area contributed by atoms with Crippen molar-refractivity contribution in [2.24, 2.45) is 5.11 Å². The summed E-state index contributed by atoms with van der Waals surface area (Å²) in [6.07, 6.45) is -0.674. The molecule has 9 nitrogen and oxygen atoms in total. The number of anilines is 2. The summed E-state index contributed by atoms with van der Waals surface area (Å²) in [4.78, 5) is 41.2. The maximum absolute atomic E-state index is 12.7. The van der Waals surface area contributed by atoms with Gasteiger partial charge in [-0.25, -0.2) is 4.79 Å². The summed E-state index contributed by atoms with van der Waals surface area (Å²) in [6, 6.07) is 13.1. The Kier molecular flexibility index (Phi) is 5.89. The minimum absolute atomic E-state index is 0.334. The van der Waals surface area contributed by atoms with Gasteiger partial charge >= 0.3 is 11.8 Å². The molecule has 1 atom stereocenters. The summed E-state index contributed by atoms with van der Waals surface area (Å²) in [5, 5.41) is 7.25. The van der Waals surface area contributed by atoms with Crippen LogP contribution in [0.15, 0.2) is 47.6 Å². The largest absolute Gasteiger partial charge is 0.502 e. The number of amides is 3. The van der Waals surface area contributed by atoms with Crippen molar-refractivity contribution in [2.75, 3.05) is 36.5 Å². The molecule has 2 aliphatic rings. The molecule has 1 N–H and O–H groups in total. The summed E-state index contributed by atoms with van der Waals surface area (Å²) in [5.74, 6) is -1.12. The molecule has 1 saturated heterocycles. The number of carbonyl (C=O) groups is 3. The van der Waals surface area contributed by atoms with Gasteiger partial charge in [-0.3, -0.25) is 14.5 Å². The van der Waals surface area contributed by atoms with Gasteiger partial charge in [-0.05, 0) is 66.9 Å². The summed E-state index contributed by atoms with van der Waals surface area (Å²) in [6.45, 7) is 6.94. The van der Waals surface area contributed by atoms with Crippen molar-refractivity contribution in [2.45, 2.75) is 27.1 Å². The molecular formula is C23H26N5O4+. The minimum atomic E-state index is -0.800. The Morgan fingerprint density at radius 2 is 1.84 bits per heavy atom. The van der Waals surface area contributed by atoms with Crippen LogP contribution in [0.2, 0.25) is 0 Å². The lowest BCUT2D eigenvalue weighted by Crippen LogP contribution is -2.52. The van der Waals surface area contributed by atoms with Gasteiger partial charge in [-0.2, -0.15) is 0 Å². The molecule has 0 aliphatic carbocycles. The second-order valence-electron chi connectivity index (χ2n) is 7.74. The summed E-state index contributed by atoms with van der Waals surface area (Å²) >= 11 is 0. The molecule has 1 unspecified atom stereocenters. The molecule has 3 amide bonds. The van der Waals surface area contributed by atoms with Crippen LogP contribution in [0.5, 0.6) is 5.75 Å². The van der Waals surface area contributed by atoms with Crippen molar-refractivity contribution >= 4 is 29.1 Å². The van der Waals surface area contributed by atoms with Crippen molar-refractivity contribution in [3.63, 3.8) is 0 Å². The quantitative estimate of drug-likeness (QED) is 0.554. The third-order valence-corrected chi connectivity index (χ3v) is 5.71. The van der Waals surface area contributed by atoms with Gasteiger partial charge in [0.25, 0.3) is 18.7 Å². The van der Waals surface area contributed by atoms with Gasteiger partial charge in [0.05, 0.1) is 6.61 Å². The highest BCUT2D eigenvalue weighted by Gasteiger charge is 2.49. The zero-order valence-corrected chi connectivity index (χ0v) is 18.4. The minimum Gasteiger partial charge on any atom is -0.494 e. The summed E-state index contributed by atoms with van der Waals surface area (Å²) in [5.41, 5.74) is 3.52. The van der Waals surface area contributed by atoms with E-state index in [0.717, 1.165) is 27.3 Å². The first-order chi connectivity index (χ1) is 15.4. The number of benzene rings is 2. The zero-order valence-electron chi connectivity index (χ0n) is 18.4. The molecule has 2 aliphatic heterocycles. The molecule has 166 valence electrons. The molecular weight excluding hydrogens is 410 g/mol. The van der Waals surface area contributed by atoms with E-state index in [-0.39, 0.29) is 6.54 Å². The van der Waals surface area contributed by atoms with Crippen molar-refractivity contribution in [3.05, 3.63) is 53.6 Å². The monoisotopic (exact) mass is 436 g/mol. The van der Waals surface area contributed by atoms with Crippen LogP contribution < -0.4 is 15.0 Å². The molecule has 32 heavy (non-hydrogen) atoms. The lowest BCUT2D eigenvalue weighted by molar-refractivity contribution is -0.509. The molecule has 9 heteroatoms. The van der Waals surface area contributed by atoms with Crippen LogP contribution in [0.4, 0.5) is 11.4 Å². The van der Waals surface area contributed by atoms with Gasteiger partial charge in [-0.1, -0.05) is 12.1 Å². The first-order valence-corrected chi connectivity index (χ1v) is 10.6. The van der Waals surface area contributed by atoms with Crippen molar-refractivity contribution in [3.8, 4) is 5.75 Å². The third-order valence-electron chi connectivity index (χ3n) is 5.71. The molecule has 0 saturated carbocycles. The van der Waals surface area contributed by atoms with E-state index in [4.69, 9.17) is 4.74 Å². The number of hydrogen-bond acceptors (Lipinski definition) is 6. The Hall–Kier alpha value is -3.75. The predicted octanol–water partition coefficient (Wildman–Crippen LogP) is 2.28. The fourth-order valence-electron chi connectivity index (χ4n) is 3.84. The maximum Gasteiger partial charge on any atom is 0.502 e. The van der Waals surface area contributed by atoms with Crippen LogP contribution in [0.25, 0.3) is 0 Å². The van der Waals surface area contributed by atoms with Crippen molar-refractivity contribution < 1.29 is 23.8 Å². The molecule has 2 aromatic carbocycles. The van der Waals surface area contributed by atoms with Gasteiger partial charge in [0.2, 0.25) is 0 Å². The lowest BCUT2D eigenvalue weighted by atomic mass is 10.1. The number of nitrogens with zero attached hydrogens (tertiary/aromatic N) is 4. The second-order valence-corrected chi connectivity index (χ2v) is 7.74. The van der Waals surface area contributed by atoms with Crippen LogP contribution in [0.3, 0.4) is 0 Å². The number of ether oxygens (including phenoxy) is 1. The lowest BCUT2D eigenvalue weighted by Gasteiger charge is -2.27. The fourth-order valence-corrected chi connectivity index (χ4v) is 3.84. The Morgan fingerprint density at radius 1 is 1.12 bits per heavy atom. The molecule has 0 aromatic heterocycles. The number of aryl methyl sites for hydroxylation is 1. The van der Waals surface area contributed by atoms with Gasteiger partial charge in [0.15, 0.2) is 0 Å². The van der Waals surface area contributed by atoms with E-state index >= 15 is 0 Å². The van der Waals surface area contributed by atoms with Crippen LogP contribution in [0, 0.1) is 13.8 Å². The van der Waals surface area contributed by atoms with E-state index in [2.05, 4.69) is 10.4 Å². The number of fused-ring (bicyclic) bond motifs is 1. The zero-order chi connectivity index (χ0) is 22.8. The fraction of sp³-hybridized carbons (Fsp3) is 0.348. The van der Waals surface area contributed by atoms with E-state index in [1.165, 1.54) is 4.90 Å². The van der Waals surface area contributed by atoms with Crippen LogP contribution in [-0.4, -0.2) is 59.8 Å². The van der Waals surface area contributed by atoms with Crippen LogP contribution in [-0.2, 0) is 14.4 Å². The topological polar surface area (TPSA) is 94.3 Å². The number of nitrogens with one attached hydrogen (secondary N) is 1. The number of hydrogen-bond donors (Lipinski definition) is 1. The number of rotatable bonds is 6. The molecule has 0 spiro atoms. The highest BCUT2D eigenvalue weighted by molar-refractivity contribution is 6.32. The Labute approximate surface area is 186 Å². The molecule has 0 radical (unpaired) electrons. The predicted molar refractivity (Wildman–Crippen MR) is 118 cm³/mol. The molecule has 2 heterocycles. The van der Waals surface area contributed by atoms with E-state index in [0.29, 0.717) is 25.4 Å². The third kappa shape index (κ3) is 4.05. The van der Waals surface area contributed by atoms with Crippen LogP contribution in [0.1, 0.15) is 18.1 Å². The van der Waals surface area contributed by atoms with E-state index in [1.54, 1.807) is 6.07 Å². The molecule has 0 bridgehead atoms. The number of carbonyl (C=O) groups excluding carboxylic acids is 3. The molecule has 2 aromatic rings. The summed E-state index contributed by atoms with van der Waals surface area (Å²) < 4.78 is 6.45. The average molecular weight is 436 g/mol. The van der Waals surface area contributed by atoms with Crippen molar-refractivity contribution in [1.82, 2.24) is 4.90 Å². The van der Waals surface area contributed by atoms with Gasteiger partial charge in [0, 0.05) is 29.6 Å². The first kappa shape index (κ1) is 21.5. The van der Waals surface area contributed by atoms with E-state index in [1.807, 2.05) is 62.1 Å². The standard InChI is InChI=1S/C23H25N5O4/c1-4-32-18-10-8-17(9-11-18)26-12-13-27-21(30)22(31)28(25-23(26)27)14-20(29)24-19-7-5-6-15(2)16(19)3/h5-11,23H,4,12-14H2,1-3H3/p+1. The second kappa shape index (κ2) is 8.78. The SMILES string of the molecule is CCOc1ccc(N2CCN3C(=O)C(=O)[N+](CC(=O)Nc4cccc(C)c4C)=NC32)cc1. The highest BCUT2D eigenvalue weighted by Crippen LogP contribution is 2.28. The Bertz CT molecular complexity index is 1100. The van der Waals surface area contributed by atoms with Crippen LogP contribution >= 0.6 is 0 Å². The average Bonchev–Trinajstić information content (AvgIpc) is 3.20. The normalized spacial score (nSPS) is 17.8. The van der Waals surface area contributed by atoms with Gasteiger partial charge < -0.3 is 15.0 Å². The number of azo groups is 2. The molecule has 1 fully saturated rings. The Balaban J connectivity index is 1.54. The van der Waals surface area contributed by atoms with E-state index < -0.39 is 24.0 Å². The smallest absolute Gasteiger partial charge is 0.494 e.